The molecule has 0 aromatic heterocycles. The van der Waals surface area contributed by atoms with Crippen LogP contribution in [0.3, 0.4) is 0 Å². The molecule has 0 radical (unpaired) electrons. The largest absolute Gasteiger partial charge is 0.297 e. The molecule has 0 aliphatic heterocycles. The van der Waals surface area contributed by atoms with Gasteiger partial charge in [-0.1, -0.05) is 44.2 Å². The molecule has 0 spiro atoms. The number of nitrogens with zero attached hydrogens (tertiary/aromatic N) is 1. The van der Waals surface area contributed by atoms with Gasteiger partial charge in [0, 0.05) is 9.68 Å². The maximum Gasteiger partial charge on any atom is 0.179 e. The summed E-state index contributed by atoms with van der Waals surface area (Å²) in [5.74, 6) is -0.129. The molecule has 0 saturated carbocycles. The number of ketones is 1. The third-order valence-corrected chi connectivity index (χ3v) is 2.46. The highest BCUT2D eigenvalue weighted by atomic mass is 16.1. The van der Waals surface area contributed by atoms with Crippen LogP contribution in [0, 0.1) is 0 Å². The Kier molecular flexibility index (Phi) is 3.04. The van der Waals surface area contributed by atoms with Gasteiger partial charge in [-0.05, 0) is 19.9 Å². The van der Waals surface area contributed by atoms with E-state index in [1.165, 1.54) is 4.90 Å². The molecule has 1 atom stereocenters. The van der Waals surface area contributed by atoms with Gasteiger partial charge in [0.2, 0.25) is 0 Å². The average Bonchev–Trinajstić information content (AvgIpc) is 2.34. The molecule has 0 fully saturated rings. The van der Waals surface area contributed by atoms with E-state index in [-0.39, 0.29) is 5.78 Å². The monoisotopic (exact) mass is 208 g/mol. The van der Waals surface area contributed by atoms with Gasteiger partial charge in [-0.2, -0.15) is 0 Å². The van der Waals surface area contributed by atoms with Crippen LogP contribution in [0.15, 0.2) is 30.3 Å². The number of Topliss-reactive ketones (excluding diaryl/α,β-unsaturated/α-hetero) is 1. The first-order chi connectivity index (χ1) is 8.41. The lowest BCUT2D eigenvalue weighted by Gasteiger charge is -2.24. The Balaban J connectivity index is 2.99. The van der Waals surface area contributed by atoms with E-state index in [0.29, 0.717) is 18.5 Å². The maximum atomic E-state index is 12.3. The zero-order valence-electron chi connectivity index (χ0n) is 12.2. The highest BCUT2D eigenvalue weighted by Crippen LogP contribution is 2.10. The molecule has 0 aliphatic rings. The van der Waals surface area contributed by atoms with Gasteiger partial charge in [0.05, 0.1) is 6.04 Å². The summed E-state index contributed by atoms with van der Waals surface area (Å²) in [6.45, 7) is 1.68. The second-order valence-corrected chi connectivity index (χ2v) is 3.44. The van der Waals surface area contributed by atoms with Gasteiger partial charge in [0.1, 0.15) is 0 Å². The molecule has 0 aliphatic carbocycles. The summed E-state index contributed by atoms with van der Waals surface area (Å²) in [7, 11) is 0. The van der Waals surface area contributed by atoms with Gasteiger partial charge in [-0.3, -0.25) is 9.69 Å². The highest BCUT2D eigenvalue weighted by Gasteiger charge is 2.20. The lowest BCUT2D eigenvalue weighted by Crippen LogP contribution is -2.37. The van der Waals surface area contributed by atoms with Crippen LogP contribution in [0.4, 0.5) is 0 Å². The molecule has 1 rings (SSSR count). The van der Waals surface area contributed by atoms with Crippen molar-refractivity contribution >= 4 is 5.78 Å². The van der Waals surface area contributed by atoms with E-state index in [2.05, 4.69) is 0 Å². The number of likely N-dealkylation sites (N-methyl/N-ethyl adjacent to an activating group) is 1. The zero-order chi connectivity index (χ0) is 13.8. The van der Waals surface area contributed by atoms with Crippen molar-refractivity contribution in [1.29, 1.82) is 0 Å². The Morgan fingerprint density at radius 2 is 2.07 bits per heavy atom. The van der Waals surface area contributed by atoms with Crippen LogP contribution in [0.25, 0.3) is 0 Å². The van der Waals surface area contributed by atoms with E-state index in [0.717, 1.165) is 0 Å². The third kappa shape index (κ3) is 2.90. The van der Waals surface area contributed by atoms with Crippen LogP contribution < -0.4 is 0 Å². The summed E-state index contributed by atoms with van der Waals surface area (Å²) in [4.78, 5) is 13.6. The molecule has 0 saturated heterocycles. The first kappa shape index (κ1) is 8.05. The molecule has 1 aromatic carbocycles. The normalized spacial score (nSPS) is 16.6. The second kappa shape index (κ2) is 5.66. The van der Waals surface area contributed by atoms with Gasteiger partial charge < -0.3 is 0 Å². The minimum atomic E-state index is -2.24. The van der Waals surface area contributed by atoms with Gasteiger partial charge in [0.15, 0.2) is 5.78 Å². The Morgan fingerprint density at radius 3 is 2.53 bits per heavy atom. The van der Waals surface area contributed by atoms with Crippen LogP contribution in [-0.4, -0.2) is 30.2 Å². The smallest absolute Gasteiger partial charge is 0.179 e. The van der Waals surface area contributed by atoms with Crippen molar-refractivity contribution in [3.05, 3.63) is 35.9 Å². The fraction of sp³-hybridized carbons (Fsp3) is 0.462. The Bertz CT molecular complexity index is 389. The molecule has 82 valence electrons. The number of carbonyl (C=O) groups excluding carboxylic acids is 1. The summed E-state index contributed by atoms with van der Waals surface area (Å²) in [5, 5.41) is 0. The van der Waals surface area contributed by atoms with Crippen LogP contribution in [0.2, 0.25) is 0 Å². The van der Waals surface area contributed by atoms with Crippen LogP contribution in [0.5, 0.6) is 0 Å². The first-order valence-corrected chi connectivity index (χ1v) is 5.27. The molecular formula is C13H19NO. The van der Waals surface area contributed by atoms with Gasteiger partial charge >= 0.3 is 0 Å². The summed E-state index contributed by atoms with van der Waals surface area (Å²) < 4.78 is 22.5. The topological polar surface area (TPSA) is 20.3 Å². The third-order valence-electron chi connectivity index (χ3n) is 2.46. The van der Waals surface area contributed by atoms with E-state index < -0.39 is 13.0 Å². The minimum absolute atomic E-state index is 0.129. The van der Waals surface area contributed by atoms with Crippen molar-refractivity contribution in [2.45, 2.75) is 26.3 Å². The van der Waals surface area contributed by atoms with Gasteiger partial charge in [0.25, 0.3) is 0 Å². The predicted octanol–water partition coefficient (Wildman–Crippen LogP) is 2.60. The minimum Gasteiger partial charge on any atom is -0.297 e. The molecule has 1 unspecified atom stereocenters. The average molecular weight is 208 g/mol. The van der Waals surface area contributed by atoms with Crippen molar-refractivity contribution in [2.24, 2.45) is 0 Å². The van der Waals surface area contributed by atoms with E-state index in [4.69, 9.17) is 4.11 Å². The van der Waals surface area contributed by atoms with Crippen molar-refractivity contribution in [1.82, 2.24) is 4.90 Å². The molecular weight excluding hydrogens is 186 g/mol. The van der Waals surface area contributed by atoms with Gasteiger partial charge in [-0.25, -0.2) is 0 Å². The maximum absolute atomic E-state index is 12.3. The van der Waals surface area contributed by atoms with Crippen molar-refractivity contribution < 1.29 is 8.91 Å². The summed E-state index contributed by atoms with van der Waals surface area (Å²) in [6.07, 6.45) is 0.486. The summed E-state index contributed by atoms with van der Waals surface area (Å²) in [5.41, 5.74) is 0.562. The molecule has 0 amide bonds. The second-order valence-electron chi connectivity index (χ2n) is 3.44. The lowest BCUT2D eigenvalue weighted by molar-refractivity contribution is 0.0852. The number of hydrogen-bond donors (Lipinski definition) is 0. The van der Waals surface area contributed by atoms with E-state index in [1.54, 1.807) is 31.2 Å². The summed E-state index contributed by atoms with van der Waals surface area (Å²) >= 11 is 0. The number of rotatable bonds is 5. The SMILES string of the molecule is [2H]C([2H])([2H])N(CC)C(CC)C(=O)c1ccccc1. The predicted molar refractivity (Wildman–Crippen MR) is 63.2 cm³/mol. The van der Waals surface area contributed by atoms with Crippen molar-refractivity contribution in [3.63, 3.8) is 0 Å². The van der Waals surface area contributed by atoms with Crippen LogP contribution >= 0.6 is 0 Å². The quantitative estimate of drug-likeness (QED) is 0.693. The molecule has 15 heavy (non-hydrogen) atoms. The van der Waals surface area contributed by atoms with Crippen molar-refractivity contribution in [3.8, 4) is 0 Å². The molecule has 0 bridgehead atoms. The Hall–Kier alpha value is -1.15. The van der Waals surface area contributed by atoms with Crippen molar-refractivity contribution in [2.75, 3.05) is 13.5 Å². The standard InChI is InChI=1S/C13H19NO/c1-4-12(14(3)5-2)13(15)11-9-7-6-8-10-11/h6-10,12H,4-5H2,1-3H3/i3D3. The number of hydrogen-bond acceptors (Lipinski definition) is 2. The van der Waals surface area contributed by atoms with E-state index in [1.807, 2.05) is 13.0 Å². The first-order valence-electron chi connectivity index (χ1n) is 6.77. The van der Waals surface area contributed by atoms with Crippen LogP contribution in [0.1, 0.15) is 34.7 Å². The van der Waals surface area contributed by atoms with E-state index in [9.17, 15) is 4.79 Å². The molecule has 0 N–H and O–H groups in total. The number of benzene rings is 1. The lowest BCUT2D eigenvalue weighted by atomic mass is 10.0. The Labute approximate surface area is 96.1 Å². The van der Waals surface area contributed by atoms with Gasteiger partial charge in [-0.15, -0.1) is 0 Å². The molecule has 2 heteroatoms. The molecule has 1 aromatic rings. The van der Waals surface area contributed by atoms with E-state index >= 15 is 0 Å². The van der Waals surface area contributed by atoms with Crippen LogP contribution in [-0.2, 0) is 0 Å². The fourth-order valence-electron chi connectivity index (χ4n) is 1.56. The molecule has 0 heterocycles. The number of carbonyl (C=O) groups is 1. The zero-order valence-corrected chi connectivity index (χ0v) is 9.23. The highest BCUT2D eigenvalue weighted by molar-refractivity contribution is 6.00. The molecule has 2 nitrogen and oxygen atoms in total. The Morgan fingerprint density at radius 1 is 1.40 bits per heavy atom. The summed E-state index contributed by atoms with van der Waals surface area (Å²) in [6, 6.07) is 8.25. The fourth-order valence-corrected chi connectivity index (χ4v) is 1.56.